The van der Waals surface area contributed by atoms with Crippen molar-refractivity contribution >= 4 is 45.8 Å². The molecule has 1 aromatic carbocycles. The third-order valence-electron chi connectivity index (χ3n) is 7.34. The molecule has 2 N–H and O–H groups in total. The van der Waals surface area contributed by atoms with Crippen LogP contribution in [0.1, 0.15) is 50.1 Å². The lowest BCUT2D eigenvalue weighted by atomic mass is 9.95. The van der Waals surface area contributed by atoms with Gasteiger partial charge in [-0.25, -0.2) is 14.1 Å². The lowest BCUT2D eigenvalue weighted by Gasteiger charge is -2.25. The smallest absolute Gasteiger partial charge is 0.241 e. The van der Waals surface area contributed by atoms with Gasteiger partial charge in [0.25, 0.3) is 0 Å². The molecule has 1 saturated heterocycles. The van der Waals surface area contributed by atoms with Crippen molar-refractivity contribution in [3.63, 3.8) is 0 Å². The van der Waals surface area contributed by atoms with Crippen LogP contribution in [-0.4, -0.2) is 63.9 Å². The van der Waals surface area contributed by atoms with Crippen molar-refractivity contribution in [3.8, 4) is 16.3 Å². The fourth-order valence-electron chi connectivity index (χ4n) is 5.57. The quantitative estimate of drug-likeness (QED) is 0.267. The number of amides is 2. The molecule has 0 spiro atoms. The fourth-order valence-corrected chi connectivity index (χ4v) is 6.69. The first-order chi connectivity index (χ1) is 19.8. The van der Waals surface area contributed by atoms with Crippen LogP contribution < -0.4 is 10.6 Å². The Morgan fingerprint density at radius 3 is 2.68 bits per heavy atom. The number of aromatic nitrogens is 3. The number of rotatable bonds is 9. The number of likely N-dealkylation sites (tertiary alicyclic amines) is 1. The summed E-state index contributed by atoms with van der Waals surface area (Å²) < 4.78 is 17.4. The van der Waals surface area contributed by atoms with Gasteiger partial charge >= 0.3 is 0 Å². The van der Waals surface area contributed by atoms with E-state index in [2.05, 4.69) is 32.1 Å². The topological polar surface area (TPSA) is 105 Å². The van der Waals surface area contributed by atoms with Crippen LogP contribution in [0.15, 0.2) is 41.9 Å². The van der Waals surface area contributed by atoms with Crippen LogP contribution in [0.2, 0.25) is 0 Å². The van der Waals surface area contributed by atoms with Crippen LogP contribution in [0.4, 0.5) is 15.2 Å². The molecule has 2 aliphatic rings. The van der Waals surface area contributed by atoms with E-state index in [1.54, 1.807) is 36.2 Å². The number of hydrogen-bond donors (Lipinski definition) is 2. The van der Waals surface area contributed by atoms with Gasteiger partial charge in [0.05, 0.1) is 28.0 Å². The van der Waals surface area contributed by atoms with Crippen LogP contribution >= 0.6 is 11.3 Å². The summed E-state index contributed by atoms with van der Waals surface area (Å²) in [5, 5.41) is 11.0. The molecule has 1 unspecified atom stereocenters. The highest BCUT2D eigenvalue weighted by molar-refractivity contribution is 7.19. The summed E-state index contributed by atoms with van der Waals surface area (Å²) in [7, 11) is 1.68. The first-order valence-electron chi connectivity index (χ1n) is 13.8. The summed E-state index contributed by atoms with van der Waals surface area (Å²) in [5.74, 6) is -0.858. The minimum absolute atomic E-state index is 0.127. The number of nitrogens with zero attached hydrogens (tertiary/aromatic N) is 5. The number of aliphatic imine (C=N–C) groups is 1. The number of fused-ring (bicyclic) bond motifs is 3. The Labute approximate surface area is 242 Å². The number of nitrogens with one attached hydrogen (secondary N) is 2. The van der Waals surface area contributed by atoms with Gasteiger partial charge < -0.3 is 10.6 Å². The molecule has 1 atom stereocenters. The molecule has 0 radical (unpaired) electrons. The Morgan fingerprint density at radius 2 is 2.02 bits per heavy atom. The first-order valence-corrected chi connectivity index (χ1v) is 14.7. The zero-order valence-corrected chi connectivity index (χ0v) is 24.4. The molecule has 214 valence electrons. The second-order valence-electron chi connectivity index (χ2n) is 10.1. The molecule has 1 fully saturated rings. The van der Waals surface area contributed by atoms with Gasteiger partial charge in [-0.2, -0.15) is 5.10 Å². The molecule has 0 saturated carbocycles. The van der Waals surface area contributed by atoms with E-state index < -0.39 is 5.82 Å². The van der Waals surface area contributed by atoms with Crippen molar-refractivity contribution in [1.29, 1.82) is 0 Å². The number of aryl methyl sites for hydroxylation is 1. The fraction of sp³-hybridized carbons (Fsp3) is 0.367. The predicted octanol–water partition coefficient (Wildman–Crippen LogP) is 5.27. The molecule has 0 bridgehead atoms. The molecule has 2 amide bonds. The Balaban J connectivity index is 1.56. The number of benzene rings is 1. The zero-order chi connectivity index (χ0) is 29.1. The van der Waals surface area contributed by atoms with E-state index in [1.165, 1.54) is 24.3 Å². The average molecular weight is 576 g/mol. The number of thiazole rings is 1. The zero-order valence-electron chi connectivity index (χ0n) is 23.5. The Morgan fingerprint density at radius 1 is 1.24 bits per heavy atom. The van der Waals surface area contributed by atoms with Gasteiger partial charge in [-0.15, -0.1) is 0 Å². The van der Waals surface area contributed by atoms with Crippen LogP contribution in [0.5, 0.6) is 0 Å². The number of allylic oxidation sites excluding steroid dienone is 3. The van der Waals surface area contributed by atoms with Gasteiger partial charge in [-0.3, -0.25) is 19.5 Å². The van der Waals surface area contributed by atoms with Crippen molar-refractivity contribution in [2.24, 2.45) is 4.99 Å². The number of carbonyl (C=O) groups is 2. The number of halogens is 1. The summed E-state index contributed by atoms with van der Waals surface area (Å²) in [6, 6.07) is 4.44. The van der Waals surface area contributed by atoms with Crippen molar-refractivity contribution in [1.82, 2.24) is 19.7 Å². The lowest BCUT2D eigenvalue weighted by molar-refractivity contribution is -0.121. The lowest BCUT2D eigenvalue weighted by Crippen LogP contribution is -2.42. The minimum atomic E-state index is -0.522. The standard InChI is InChI=1S/C30H34FN7O2S/c1-5-9-19(17-32-4)26-21-11-12-23-28(41-30(35-23)33-18(3)39)27(21)38(36-26)25-13-10-20(16-22(25)31)34-29(40)24(6-2)37-14-7-8-15-37/h5,9-10,13,16-17,24H,1,6-8,11-12,14-15H2,2-4H3,(H,34,40)(H,33,35,39)/b19-9+,32-17?. The summed E-state index contributed by atoms with van der Waals surface area (Å²) in [6.45, 7) is 9.06. The predicted molar refractivity (Wildman–Crippen MR) is 162 cm³/mol. The molecular formula is C30H34FN7O2S. The van der Waals surface area contributed by atoms with Crippen LogP contribution in [0.3, 0.4) is 0 Å². The maximum absolute atomic E-state index is 15.9. The second-order valence-corrected chi connectivity index (χ2v) is 11.1. The summed E-state index contributed by atoms with van der Waals surface area (Å²) in [5.41, 5.74) is 4.57. The van der Waals surface area contributed by atoms with Gasteiger partial charge in [-0.1, -0.05) is 37.0 Å². The average Bonchev–Trinajstić information content (AvgIpc) is 3.67. The molecule has 41 heavy (non-hydrogen) atoms. The molecule has 9 nitrogen and oxygen atoms in total. The van der Waals surface area contributed by atoms with E-state index in [-0.39, 0.29) is 23.5 Å². The molecule has 1 aliphatic carbocycles. The van der Waals surface area contributed by atoms with Crippen LogP contribution in [0.25, 0.3) is 21.8 Å². The van der Waals surface area contributed by atoms with Gasteiger partial charge in [0.2, 0.25) is 11.8 Å². The van der Waals surface area contributed by atoms with Crippen LogP contribution in [0, 0.1) is 5.82 Å². The number of carbonyl (C=O) groups excluding carboxylic acids is 2. The SMILES string of the molecule is C=C/C=C(\C=NC)c1nn(-c2ccc(NC(=O)C(CC)N3CCCC3)cc2F)c2c1CCc1nc(NC(C)=O)sc1-2. The third kappa shape index (κ3) is 5.77. The summed E-state index contributed by atoms with van der Waals surface area (Å²) >= 11 is 1.34. The first kappa shape index (κ1) is 28.6. The number of hydrogen-bond acceptors (Lipinski definition) is 7. The normalized spacial score (nSPS) is 16.0. The maximum atomic E-state index is 15.9. The van der Waals surface area contributed by atoms with E-state index in [0.29, 0.717) is 35.8 Å². The van der Waals surface area contributed by atoms with Gasteiger partial charge in [0, 0.05) is 37.0 Å². The van der Waals surface area contributed by atoms with E-state index in [1.807, 2.05) is 13.0 Å². The van der Waals surface area contributed by atoms with Crippen molar-refractivity contribution in [3.05, 3.63) is 59.7 Å². The minimum Gasteiger partial charge on any atom is -0.325 e. The second kappa shape index (κ2) is 12.3. The molecule has 5 rings (SSSR count). The van der Waals surface area contributed by atoms with E-state index in [9.17, 15) is 9.59 Å². The molecular weight excluding hydrogens is 541 g/mol. The van der Waals surface area contributed by atoms with Crippen molar-refractivity contribution in [2.75, 3.05) is 30.8 Å². The highest BCUT2D eigenvalue weighted by atomic mass is 32.1. The monoisotopic (exact) mass is 575 g/mol. The highest BCUT2D eigenvalue weighted by Gasteiger charge is 2.31. The van der Waals surface area contributed by atoms with E-state index >= 15 is 4.39 Å². The Hall–Kier alpha value is -3.96. The molecule has 3 aromatic rings. The highest BCUT2D eigenvalue weighted by Crippen LogP contribution is 2.43. The van der Waals surface area contributed by atoms with Crippen molar-refractivity contribution < 1.29 is 14.0 Å². The van der Waals surface area contributed by atoms with Gasteiger partial charge in [0.15, 0.2) is 10.9 Å². The maximum Gasteiger partial charge on any atom is 0.241 e. The van der Waals surface area contributed by atoms with E-state index in [4.69, 9.17) is 5.10 Å². The van der Waals surface area contributed by atoms with Crippen molar-refractivity contribution in [2.45, 2.75) is 52.0 Å². The third-order valence-corrected chi connectivity index (χ3v) is 8.36. The molecule has 1 aliphatic heterocycles. The molecule has 3 heterocycles. The molecule has 2 aromatic heterocycles. The largest absolute Gasteiger partial charge is 0.325 e. The van der Waals surface area contributed by atoms with Gasteiger partial charge in [-0.05, 0) is 63.4 Å². The summed E-state index contributed by atoms with van der Waals surface area (Å²) in [4.78, 5) is 36.6. The molecule has 11 heteroatoms. The van der Waals surface area contributed by atoms with Gasteiger partial charge in [0.1, 0.15) is 5.69 Å². The van der Waals surface area contributed by atoms with E-state index in [0.717, 1.165) is 53.3 Å². The van der Waals surface area contributed by atoms with Crippen LogP contribution in [-0.2, 0) is 22.4 Å². The number of anilines is 2. The Kier molecular flexibility index (Phi) is 8.55. The summed E-state index contributed by atoms with van der Waals surface area (Å²) in [6.07, 6.45) is 9.36. The Bertz CT molecular complexity index is 1550.